The summed E-state index contributed by atoms with van der Waals surface area (Å²) in [6.07, 6.45) is 1.49. The monoisotopic (exact) mass is 309 g/mol. The maximum atomic E-state index is 13.5. The Morgan fingerprint density at radius 1 is 1.33 bits per heavy atom. The largest absolute Gasteiger partial charge is 0.452 e. The van der Waals surface area contributed by atoms with Crippen molar-refractivity contribution >= 4 is 21.8 Å². The summed E-state index contributed by atoms with van der Waals surface area (Å²) in [4.78, 5) is 3.92. The number of halogens is 2. The van der Waals surface area contributed by atoms with Crippen LogP contribution < -0.4 is 10.5 Å². The molecule has 0 bridgehead atoms. The quantitative estimate of drug-likeness (QED) is 0.676. The van der Waals surface area contributed by atoms with Gasteiger partial charge in [0.05, 0.1) is 0 Å². The lowest BCUT2D eigenvalue weighted by atomic mass is 10.3. The minimum absolute atomic E-state index is 0.0416. The summed E-state index contributed by atoms with van der Waals surface area (Å²) in [6, 6.07) is 7.54. The molecule has 4 nitrogen and oxygen atoms in total. The normalized spacial score (nSPS) is 10.1. The number of hydrogen-bond acceptors (Lipinski definition) is 3. The van der Waals surface area contributed by atoms with Gasteiger partial charge in [0.2, 0.25) is 0 Å². The zero-order valence-corrected chi connectivity index (χ0v) is 10.7. The van der Waals surface area contributed by atoms with E-state index in [9.17, 15) is 4.39 Å². The van der Waals surface area contributed by atoms with Crippen LogP contribution in [0.3, 0.4) is 0 Å². The van der Waals surface area contributed by atoms with Gasteiger partial charge in [-0.3, -0.25) is 5.41 Å². The first-order chi connectivity index (χ1) is 8.58. The minimum Gasteiger partial charge on any atom is -0.452 e. The highest BCUT2D eigenvalue weighted by Crippen LogP contribution is 2.28. The molecule has 1 heterocycles. The molecular weight excluding hydrogens is 301 g/mol. The molecule has 92 valence electrons. The van der Waals surface area contributed by atoms with Gasteiger partial charge in [0.15, 0.2) is 17.3 Å². The molecule has 0 amide bonds. The number of pyridine rings is 1. The number of amidine groups is 1. The Kier molecular flexibility index (Phi) is 3.57. The molecule has 2 rings (SSSR count). The second kappa shape index (κ2) is 5.14. The summed E-state index contributed by atoms with van der Waals surface area (Å²) < 4.78 is 19.6. The van der Waals surface area contributed by atoms with Crippen LogP contribution in [0.25, 0.3) is 0 Å². The fourth-order valence-electron chi connectivity index (χ4n) is 1.35. The fourth-order valence-corrected chi connectivity index (χ4v) is 1.69. The van der Waals surface area contributed by atoms with Crippen LogP contribution in [0.2, 0.25) is 0 Å². The average Bonchev–Trinajstić information content (AvgIpc) is 2.34. The van der Waals surface area contributed by atoms with Crippen molar-refractivity contribution in [1.29, 1.82) is 5.41 Å². The van der Waals surface area contributed by atoms with Crippen molar-refractivity contribution in [2.24, 2.45) is 5.73 Å². The summed E-state index contributed by atoms with van der Waals surface area (Å²) in [6.45, 7) is 0. The number of aromatic nitrogens is 1. The summed E-state index contributed by atoms with van der Waals surface area (Å²) in [5.74, 6) is -0.459. The third-order valence-corrected chi connectivity index (χ3v) is 2.63. The Morgan fingerprint density at radius 2 is 2.11 bits per heavy atom. The van der Waals surface area contributed by atoms with Crippen molar-refractivity contribution in [3.05, 3.63) is 52.5 Å². The molecule has 0 saturated carbocycles. The molecule has 0 aliphatic heterocycles. The molecule has 3 N–H and O–H groups in total. The van der Waals surface area contributed by atoms with E-state index in [-0.39, 0.29) is 23.0 Å². The maximum Gasteiger partial charge on any atom is 0.165 e. The van der Waals surface area contributed by atoms with E-state index in [1.54, 1.807) is 18.2 Å². The Hall–Kier alpha value is -1.95. The molecule has 0 unspecified atom stereocenters. The van der Waals surface area contributed by atoms with E-state index in [1.807, 2.05) is 0 Å². The van der Waals surface area contributed by atoms with Gasteiger partial charge in [0.25, 0.3) is 0 Å². The predicted molar refractivity (Wildman–Crippen MR) is 69.4 cm³/mol. The van der Waals surface area contributed by atoms with Crippen LogP contribution in [0.4, 0.5) is 4.39 Å². The van der Waals surface area contributed by atoms with Crippen LogP contribution >= 0.6 is 15.9 Å². The van der Waals surface area contributed by atoms with Crippen molar-refractivity contribution in [2.45, 2.75) is 0 Å². The van der Waals surface area contributed by atoms with Crippen molar-refractivity contribution in [1.82, 2.24) is 4.98 Å². The molecule has 2 aromatic rings. The van der Waals surface area contributed by atoms with Gasteiger partial charge in [0.1, 0.15) is 11.5 Å². The summed E-state index contributed by atoms with van der Waals surface area (Å²) >= 11 is 3.23. The fraction of sp³-hybridized carbons (Fsp3) is 0. The van der Waals surface area contributed by atoms with Crippen LogP contribution in [-0.4, -0.2) is 10.8 Å². The lowest BCUT2D eigenvalue weighted by Gasteiger charge is -2.10. The number of benzene rings is 1. The van der Waals surface area contributed by atoms with E-state index in [2.05, 4.69) is 20.9 Å². The van der Waals surface area contributed by atoms with Crippen LogP contribution in [0.15, 0.2) is 41.0 Å². The van der Waals surface area contributed by atoms with Gasteiger partial charge in [-0.2, -0.15) is 0 Å². The Bertz CT molecular complexity index is 604. The minimum atomic E-state index is -0.503. The molecule has 0 radical (unpaired) electrons. The van der Waals surface area contributed by atoms with Gasteiger partial charge < -0.3 is 10.5 Å². The highest BCUT2D eigenvalue weighted by Gasteiger charge is 2.11. The molecule has 0 fully saturated rings. The second-order valence-electron chi connectivity index (χ2n) is 3.44. The van der Waals surface area contributed by atoms with Gasteiger partial charge in [-0.25, -0.2) is 9.37 Å². The summed E-state index contributed by atoms with van der Waals surface area (Å²) in [5, 5.41) is 7.37. The molecule has 0 aliphatic rings. The maximum absolute atomic E-state index is 13.5. The van der Waals surface area contributed by atoms with Gasteiger partial charge in [-0.1, -0.05) is 15.9 Å². The highest BCUT2D eigenvalue weighted by atomic mass is 79.9. The Balaban J connectivity index is 2.40. The van der Waals surface area contributed by atoms with E-state index >= 15 is 0 Å². The third-order valence-electron chi connectivity index (χ3n) is 2.14. The van der Waals surface area contributed by atoms with E-state index < -0.39 is 5.82 Å². The zero-order valence-electron chi connectivity index (χ0n) is 9.15. The number of hydrogen-bond donors (Lipinski definition) is 2. The molecule has 0 spiro atoms. The van der Waals surface area contributed by atoms with Crippen molar-refractivity contribution in [3.8, 4) is 11.5 Å². The molecule has 0 atom stereocenters. The SMILES string of the molecule is N=C(N)c1ncccc1Oc1cc(Br)ccc1F. The molecule has 6 heteroatoms. The second-order valence-corrected chi connectivity index (χ2v) is 4.36. The van der Waals surface area contributed by atoms with E-state index in [1.165, 1.54) is 18.3 Å². The van der Waals surface area contributed by atoms with Crippen molar-refractivity contribution in [2.75, 3.05) is 0 Å². The van der Waals surface area contributed by atoms with Gasteiger partial charge >= 0.3 is 0 Å². The summed E-state index contributed by atoms with van der Waals surface area (Å²) in [7, 11) is 0. The predicted octanol–water partition coefficient (Wildman–Crippen LogP) is 3.06. The molecule has 0 aliphatic carbocycles. The van der Waals surface area contributed by atoms with Gasteiger partial charge in [-0.15, -0.1) is 0 Å². The smallest absolute Gasteiger partial charge is 0.165 e. The first-order valence-electron chi connectivity index (χ1n) is 5.00. The highest BCUT2D eigenvalue weighted by molar-refractivity contribution is 9.10. The van der Waals surface area contributed by atoms with Gasteiger partial charge in [0, 0.05) is 10.7 Å². The zero-order chi connectivity index (χ0) is 13.1. The van der Waals surface area contributed by atoms with Crippen LogP contribution in [0.5, 0.6) is 11.5 Å². The third kappa shape index (κ3) is 2.65. The number of rotatable bonds is 3. The topological polar surface area (TPSA) is 72.0 Å². The molecule has 18 heavy (non-hydrogen) atoms. The van der Waals surface area contributed by atoms with Gasteiger partial charge in [-0.05, 0) is 30.3 Å². The standard InChI is InChI=1S/C12H9BrFN3O/c13-7-3-4-8(14)10(6-7)18-9-2-1-5-17-11(9)12(15)16/h1-6H,(H3,15,16). The van der Waals surface area contributed by atoms with E-state index in [4.69, 9.17) is 15.9 Å². The number of ether oxygens (including phenoxy) is 1. The van der Waals surface area contributed by atoms with E-state index in [0.29, 0.717) is 4.47 Å². The van der Waals surface area contributed by atoms with Crippen molar-refractivity contribution in [3.63, 3.8) is 0 Å². The number of nitrogen functional groups attached to an aromatic ring is 1. The first kappa shape index (κ1) is 12.5. The first-order valence-corrected chi connectivity index (χ1v) is 5.79. The summed E-state index contributed by atoms with van der Waals surface area (Å²) in [5.41, 5.74) is 5.55. The average molecular weight is 310 g/mol. The van der Waals surface area contributed by atoms with Crippen LogP contribution in [0.1, 0.15) is 5.69 Å². The molecule has 0 saturated heterocycles. The molecule has 1 aromatic heterocycles. The Morgan fingerprint density at radius 3 is 2.83 bits per heavy atom. The number of nitrogens with two attached hydrogens (primary N) is 1. The van der Waals surface area contributed by atoms with Crippen molar-refractivity contribution < 1.29 is 9.13 Å². The number of nitrogens with one attached hydrogen (secondary N) is 1. The lowest BCUT2D eigenvalue weighted by molar-refractivity contribution is 0.439. The Labute approximate surface area is 111 Å². The van der Waals surface area contributed by atoms with Crippen LogP contribution in [-0.2, 0) is 0 Å². The lowest BCUT2D eigenvalue weighted by Crippen LogP contribution is -2.14. The number of nitrogens with zero attached hydrogens (tertiary/aromatic N) is 1. The van der Waals surface area contributed by atoms with Crippen LogP contribution in [0, 0.1) is 11.2 Å². The van der Waals surface area contributed by atoms with E-state index in [0.717, 1.165) is 0 Å². The molecular formula is C12H9BrFN3O. The molecule has 1 aromatic carbocycles.